The molecule has 0 aliphatic carbocycles. The highest BCUT2D eigenvalue weighted by Gasteiger charge is 2.23. The second-order valence-corrected chi connectivity index (χ2v) is 5.84. The van der Waals surface area contributed by atoms with Crippen LogP contribution in [0.2, 0.25) is 0 Å². The third-order valence-electron chi connectivity index (χ3n) is 4.18. The minimum absolute atomic E-state index is 0.108. The summed E-state index contributed by atoms with van der Waals surface area (Å²) in [4.78, 5) is 2.54. The number of methoxy groups -OCH3 is 1. The van der Waals surface area contributed by atoms with Gasteiger partial charge in [-0.2, -0.15) is 0 Å². The SMILES string of the molecule is CNC(C)(CO)CCCCN1CCC(COC)C1. The van der Waals surface area contributed by atoms with Crippen molar-refractivity contribution < 1.29 is 9.84 Å². The Bertz CT molecular complexity index is 220. The lowest BCUT2D eigenvalue weighted by Crippen LogP contribution is -2.43. The summed E-state index contributed by atoms with van der Waals surface area (Å²) in [6.45, 7) is 6.79. The molecular weight excluding hydrogens is 228 g/mol. The van der Waals surface area contributed by atoms with Gasteiger partial charge in [-0.3, -0.25) is 0 Å². The molecule has 4 nitrogen and oxygen atoms in total. The number of likely N-dealkylation sites (tertiary alicyclic amines) is 1. The maximum atomic E-state index is 9.30. The molecule has 0 saturated carbocycles. The van der Waals surface area contributed by atoms with E-state index in [1.165, 1.54) is 38.9 Å². The second-order valence-electron chi connectivity index (χ2n) is 5.84. The predicted molar refractivity (Wildman–Crippen MR) is 74.8 cm³/mol. The topological polar surface area (TPSA) is 44.7 Å². The standard InChI is InChI=1S/C14H30N2O2/c1-14(12-17,15-2)7-4-5-8-16-9-6-13(10-16)11-18-3/h13,15,17H,4-12H2,1-3H3. The maximum Gasteiger partial charge on any atom is 0.0610 e. The van der Waals surface area contributed by atoms with E-state index in [1.54, 1.807) is 7.11 Å². The molecule has 0 radical (unpaired) electrons. The first kappa shape index (κ1) is 15.9. The number of aliphatic hydroxyl groups excluding tert-OH is 1. The molecule has 1 aliphatic heterocycles. The fourth-order valence-electron chi connectivity index (χ4n) is 2.62. The van der Waals surface area contributed by atoms with Crippen LogP contribution in [0.1, 0.15) is 32.6 Å². The Labute approximate surface area is 112 Å². The number of ether oxygens (including phenoxy) is 1. The highest BCUT2D eigenvalue weighted by atomic mass is 16.5. The van der Waals surface area contributed by atoms with Gasteiger partial charge < -0.3 is 20.1 Å². The second kappa shape index (κ2) is 8.10. The van der Waals surface area contributed by atoms with Gasteiger partial charge in [0.15, 0.2) is 0 Å². The summed E-state index contributed by atoms with van der Waals surface area (Å²) in [5.74, 6) is 0.731. The van der Waals surface area contributed by atoms with Crippen molar-refractivity contribution in [1.29, 1.82) is 0 Å². The van der Waals surface area contributed by atoms with Crippen molar-refractivity contribution in [1.82, 2.24) is 10.2 Å². The number of nitrogens with zero attached hydrogens (tertiary/aromatic N) is 1. The third kappa shape index (κ3) is 5.22. The Kier molecular flexibility index (Phi) is 7.15. The third-order valence-corrected chi connectivity index (χ3v) is 4.18. The quantitative estimate of drug-likeness (QED) is 0.608. The number of likely N-dealkylation sites (N-methyl/N-ethyl adjacent to an activating group) is 1. The molecule has 0 aromatic carbocycles. The summed E-state index contributed by atoms with van der Waals surface area (Å²) in [7, 11) is 3.71. The predicted octanol–water partition coefficient (Wildman–Crippen LogP) is 1.10. The fraction of sp³-hybridized carbons (Fsp3) is 1.00. The van der Waals surface area contributed by atoms with E-state index in [-0.39, 0.29) is 12.1 Å². The molecule has 0 spiro atoms. The van der Waals surface area contributed by atoms with Crippen LogP contribution in [0.15, 0.2) is 0 Å². The molecule has 2 atom stereocenters. The van der Waals surface area contributed by atoms with E-state index in [0.29, 0.717) is 0 Å². The molecule has 4 heteroatoms. The summed E-state index contributed by atoms with van der Waals surface area (Å²) in [6.07, 6.45) is 4.70. The molecule has 2 unspecified atom stereocenters. The van der Waals surface area contributed by atoms with Crippen molar-refractivity contribution in [3.63, 3.8) is 0 Å². The molecular formula is C14H30N2O2. The zero-order valence-corrected chi connectivity index (χ0v) is 12.2. The first-order valence-corrected chi connectivity index (χ1v) is 7.14. The van der Waals surface area contributed by atoms with Crippen molar-refractivity contribution in [2.45, 2.75) is 38.1 Å². The summed E-state index contributed by atoms with van der Waals surface area (Å²) in [6, 6.07) is 0. The van der Waals surface area contributed by atoms with E-state index in [0.717, 1.165) is 18.9 Å². The molecule has 0 bridgehead atoms. The minimum Gasteiger partial charge on any atom is -0.394 e. The molecule has 1 heterocycles. The molecule has 0 amide bonds. The molecule has 18 heavy (non-hydrogen) atoms. The largest absolute Gasteiger partial charge is 0.394 e. The molecule has 0 aromatic rings. The summed E-state index contributed by atoms with van der Waals surface area (Å²) in [5, 5.41) is 12.5. The van der Waals surface area contributed by atoms with E-state index < -0.39 is 0 Å². The lowest BCUT2D eigenvalue weighted by atomic mass is 9.96. The van der Waals surface area contributed by atoms with Crippen LogP contribution in [0, 0.1) is 5.92 Å². The zero-order chi connectivity index (χ0) is 13.4. The monoisotopic (exact) mass is 258 g/mol. The zero-order valence-electron chi connectivity index (χ0n) is 12.2. The van der Waals surface area contributed by atoms with Gasteiger partial charge in [0.05, 0.1) is 13.2 Å². The number of rotatable bonds is 9. The van der Waals surface area contributed by atoms with Crippen molar-refractivity contribution >= 4 is 0 Å². The van der Waals surface area contributed by atoms with Gasteiger partial charge in [0.25, 0.3) is 0 Å². The number of aliphatic hydroxyl groups is 1. The van der Waals surface area contributed by atoms with Gasteiger partial charge >= 0.3 is 0 Å². The molecule has 1 saturated heterocycles. The maximum absolute atomic E-state index is 9.30. The number of unbranched alkanes of at least 4 members (excludes halogenated alkanes) is 1. The summed E-state index contributed by atoms with van der Waals surface area (Å²) < 4.78 is 5.21. The molecule has 1 rings (SSSR count). The van der Waals surface area contributed by atoms with Crippen LogP contribution in [-0.4, -0.2) is 62.6 Å². The molecule has 0 aromatic heterocycles. The van der Waals surface area contributed by atoms with E-state index in [1.807, 2.05) is 7.05 Å². The Morgan fingerprint density at radius 3 is 2.83 bits per heavy atom. The number of hydrogen-bond donors (Lipinski definition) is 2. The van der Waals surface area contributed by atoms with Crippen LogP contribution in [0.4, 0.5) is 0 Å². The normalized spacial score (nSPS) is 24.3. The summed E-state index contributed by atoms with van der Waals surface area (Å²) in [5.41, 5.74) is -0.108. The van der Waals surface area contributed by atoms with E-state index in [9.17, 15) is 5.11 Å². The smallest absolute Gasteiger partial charge is 0.0610 e. The number of hydrogen-bond acceptors (Lipinski definition) is 4. The van der Waals surface area contributed by atoms with E-state index in [4.69, 9.17) is 4.74 Å². The van der Waals surface area contributed by atoms with Crippen molar-refractivity contribution in [2.75, 3.05) is 47.0 Å². The first-order valence-electron chi connectivity index (χ1n) is 7.14. The van der Waals surface area contributed by atoms with Gasteiger partial charge in [-0.05, 0) is 52.2 Å². The van der Waals surface area contributed by atoms with Crippen LogP contribution < -0.4 is 5.32 Å². The lowest BCUT2D eigenvalue weighted by Gasteiger charge is -2.27. The van der Waals surface area contributed by atoms with Crippen LogP contribution in [-0.2, 0) is 4.74 Å². The average Bonchev–Trinajstić information content (AvgIpc) is 2.83. The van der Waals surface area contributed by atoms with Gasteiger partial charge in [-0.15, -0.1) is 0 Å². The Balaban J connectivity index is 2.08. The molecule has 1 fully saturated rings. The minimum atomic E-state index is -0.108. The van der Waals surface area contributed by atoms with Crippen LogP contribution in [0.5, 0.6) is 0 Å². The Morgan fingerprint density at radius 1 is 1.44 bits per heavy atom. The average molecular weight is 258 g/mol. The van der Waals surface area contributed by atoms with Gasteiger partial charge in [0.2, 0.25) is 0 Å². The van der Waals surface area contributed by atoms with Gasteiger partial charge in [-0.1, -0.05) is 6.42 Å². The Hall–Kier alpha value is -0.160. The molecule has 108 valence electrons. The van der Waals surface area contributed by atoms with Crippen molar-refractivity contribution in [2.24, 2.45) is 5.92 Å². The fourth-order valence-corrected chi connectivity index (χ4v) is 2.62. The highest BCUT2D eigenvalue weighted by Crippen LogP contribution is 2.18. The first-order chi connectivity index (χ1) is 8.63. The molecule has 1 aliphatic rings. The number of nitrogens with one attached hydrogen (secondary N) is 1. The summed E-state index contributed by atoms with van der Waals surface area (Å²) >= 11 is 0. The highest BCUT2D eigenvalue weighted by molar-refractivity contribution is 4.81. The molecule has 2 N–H and O–H groups in total. The van der Waals surface area contributed by atoms with Crippen LogP contribution >= 0.6 is 0 Å². The Morgan fingerprint density at radius 2 is 2.22 bits per heavy atom. The van der Waals surface area contributed by atoms with Gasteiger partial charge in [-0.25, -0.2) is 0 Å². The van der Waals surface area contributed by atoms with Crippen molar-refractivity contribution in [3.05, 3.63) is 0 Å². The lowest BCUT2D eigenvalue weighted by molar-refractivity contribution is 0.152. The van der Waals surface area contributed by atoms with E-state index >= 15 is 0 Å². The van der Waals surface area contributed by atoms with E-state index in [2.05, 4.69) is 17.1 Å². The van der Waals surface area contributed by atoms with Crippen molar-refractivity contribution in [3.8, 4) is 0 Å². The van der Waals surface area contributed by atoms with Gasteiger partial charge in [0, 0.05) is 19.2 Å². The van der Waals surface area contributed by atoms with Crippen LogP contribution in [0.3, 0.4) is 0 Å². The van der Waals surface area contributed by atoms with Gasteiger partial charge in [0.1, 0.15) is 0 Å². The van der Waals surface area contributed by atoms with Crippen LogP contribution in [0.25, 0.3) is 0 Å².